The third kappa shape index (κ3) is 5.25. The SMILES string of the molecule is NC(=O)C1CCN(CCc2ccc(NC(=O)C3=CC=CN4CCS(=O)(=O)N=C34)cc2)CC1. The first kappa shape index (κ1) is 22.2. The van der Waals surface area contributed by atoms with Gasteiger partial charge in [-0.3, -0.25) is 9.59 Å². The van der Waals surface area contributed by atoms with E-state index in [4.69, 9.17) is 5.73 Å². The highest BCUT2D eigenvalue weighted by Crippen LogP contribution is 2.20. The second-order valence-corrected chi connectivity index (χ2v) is 9.99. The van der Waals surface area contributed by atoms with E-state index in [2.05, 4.69) is 14.6 Å². The molecule has 3 N–H and O–H groups in total. The highest BCUT2D eigenvalue weighted by molar-refractivity contribution is 7.90. The highest BCUT2D eigenvalue weighted by Gasteiger charge is 2.30. The van der Waals surface area contributed by atoms with Crippen LogP contribution in [0.15, 0.2) is 52.6 Å². The van der Waals surface area contributed by atoms with E-state index in [1.165, 1.54) is 0 Å². The van der Waals surface area contributed by atoms with Gasteiger partial charge in [-0.05, 0) is 62.2 Å². The Balaban J connectivity index is 1.32. The summed E-state index contributed by atoms with van der Waals surface area (Å²) in [5.74, 6) is -0.517. The van der Waals surface area contributed by atoms with Crippen molar-refractivity contribution >= 4 is 33.4 Å². The number of sulfonamides is 1. The van der Waals surface area contributed by atoms with Gasteiger partial charge in [-0.1, -0.05) is 12.1 Å². The first-order chi connectivity index (χ1) is 15.3. The summed E-state index contributed by atoms with van der Waals surface area (Å²) in [5, 5.41) is 2.82. The molecule has 2 amide bonds. The molecule has 1 saturated heterocycles. The van der Waals surface area contributed by atoms with Gasteiger partial charge in [0.2, 0.25) is 5.91 Å². The number of nitrogens with one attached hydrogen (secondary N) is 1. The maximum Gasteiger partial charge on any atom is 0.259 e. The number of nitrogens with two attached hydrogens (primary N) is 1. The Labute approximate surface area is 187 Å². The highest BCUT2D eigenvalue weighted by atomic mass is 32.2. The van der Waals surface area contributed by atoms with Crippen molar-refractivity contribution in [1.29, 1.82) is 0 Å². The van der Waals surface area contributed by atoms with Crippen LogP contribution < -0.4 is 11.1 Å². The number of likely N-dealkylation sites (tertiary alicyclic amines) is 1. The molecule has 0 aliphatic carbocycles. The van der Waals surface area contributed by atoms with E-state index in [0.717, 1.165) is 44.5 Å². The summed E-state index contributed by atoms with van der Waals surface area (Å²) in [6, 6.07) is 7.61. The number of fused-ring (bicyclic) bond motifs is 1. The average molecular weight is 458 g/mol. The Bertz CT molecular complexity index is 1080. The number of hydrogen-bond acceptors (Lipinski definition) is 6. The van der Waals surface area contributed by atoms with Crippen molar-refractivity contribution in [2.75, 3.05) is 37.2 Å². The van der Waals surface area contributed by atoms with Gasteiger partial charge in [0.1, 0.15) is 0 Å². The zero-order valence-electron chi connectivity index (χ0n) is 17.7. The van der Waals surface area contributed by atoms with Crippen molar-refractivity contribution in [2.24, 2.45) is 16.0 Å². The van der Waals surface area contributed by atoms with E-state index in [-0.39, 0.29) is 35.5 Å². The van der Waals surface area contributed by atoms with Crippen molar-refractivity contribution < 1.29 is 18.0 Å². The number of carbonyl (C=O) groups is 2. The number of amides is 2. The molecule has 10 heteroatoms. The maximum atomic E-state index is 12.8. The van der Waals surface area contributed by atoms with E-state index < -0.39 is 15.9 Å². The summed E-state index contributed by atoms with van der Waals surface area (Å²) in [5.41, 5.74) is 7.38. The van der Waals surface area contributed by atoms with Crippen LogP contribution in [0.25, 0.3) is 0 Å². The second kappa shape index (κ2) is 9.25. The van der Waals surface area contributed by atoms with Crippen LogP contribution in [0.3, 0.4) is 0 Å². The van der Waals surface area contributed by atoms with E-state index >= 15 is 0 Å². The molecule has 0 radical (unpaired) electrons. The third-order valence-corrected chi connectivity index (χ3v) is 7.17. The largest absolute Gasteiger partial charge is 0.369 e. The quantitative estimate of drug-likeness (QED) is 0.653. The van der Waals surface area contributed by atoms with Crippen LogP contribution in [-0.2, 0) is 26.0 Å². The Hall–Kier alpha value is -2.98. The second-order valence-electron chi connectivity index (χ2n) is 8.24. The number of carbonyl (C=O) groups excluding carboxylic acids is 2. The molecular formula is C22H27N5O4S. The number of hydrogen-bond donors (Lipinski definition) is 2. The summed E-state index contributed by atoms with van der Waals surface area (Å²) in [6.07, 6.45) is 7.50. The predicted molar refractivity (Wildman–Crippen MR) is 122 cm³/mol. The molecule has 1 aromatic rings. The zero-order valence-corrected chi connectivity index (χ0v) is 18.6. The molecule has 170 valence electrons. The molecule has 0 spiro atoms. The summed E-state index contributed by atoms with van der Waals surface area (Å²) in [7, 11) is -3.56. The lowest BCUT2D eigenvalue weighted by atomic mass is 9.96. The van der Waals surface area contributed by atoms with Crippen LogP contribution in [0.2, 0.25) is 0 Å². The average Bonchev–Trinajstić information content (AvgIpc) is 2.78. The topological polar surface area (TPSA) is 125 Å². The van der Waals surface area contributed by atoms with Gasteiger partial charge in [0.05, 0.1) is 11.3 Å². The van der Waals surface area contributed by atoms with Gasteiger partial charge in [0.25, 0.3) is 15.9 Å². The summed E-state index contributed by atoms with van der Waals surface area (Å²) >= 11 is 0. The molecule has 0 aromatic heterocycles. The molecule has 0 unspecified atom stereocenters. The van der Waals surface area contributed by atoms with Crippen LogP contribution in [0.4, 0.5) is 5.69 Å². The van der Waals surface area contributed by atoms with Crippen LogP contribution in [-0.4, -0.2) is 67.8 Å². The van der Waals surface area contributed by atoms with Gasteiger partial charge < -0.3 is 20.9 Å². The number of allylic oxidation sites excluding steroid dienone is 2. The molecule has 0 saturated carbocycles. The number of piperidine rings is 1. The fraction of sp³-hybridized carbons (Fsp3) is 0.409. The molecule has 3 heterocycles. The molecule has 0 bridgehead atoms. The number of nitrogens with zero attached hydrogens (tertiary/aromatic N) is 3. The van der Waals surface area contributed by atoms with Crippen LogP contribution >= 0.6 is 0 Å². The van der Waals surface area contributed by atoms with Crippen molar-refractivity contribution in [1.82, 2.24) is 9.80 Å². The standard InChI is InChI=1S/C22H27N5O4S/c23-20(28)17-8-12-26(13-9-17)11-7-16-3-5-18(6-4-16)24-22(29)19-2-1-10-27-14-15-32(30,31)25-21(19)27/h1-6,10,17H,7-9,11-15H2,(H2,23,28)(H,24,29). The molecule has 0 atom stereocenters. The van der Waals surface area contributed by atoms with Crippen molar-refractivity contribution in [2.45, 2.75) is 19.3 Å². The van der Waals surface area contributed by atoms with E-state index in [0.29, 0.717) is 5.69 Å². The Kier molecular flexibility index (Phi) is 6.43. The zero-order chi connectivity index (χ0) is 22.7. The number of amidine groups is 1. The van der Waals surface area contributed by atoms with Crippen molar-refractivity contribution in [3.63, 3.8) is 0 Å². The number of rotatable bonds is 6. The summed E-state index contributed by atoms with van der Waals surface area (Å²) < 4.78 is 27.5. The number of anilines is 1. The normalized spacial score (nSPS) is 20.8. The summed E-state index contributed by atoms with van der Waals surface area (Å²) in [6.45, 7) is 2.93. The fourth-order valence-corrected chi connectivity index (χ4v) is 5.06. The van der Waals surface area contributed by atoms with E-state index in [1.54, 1.807) is 23.3 Å². The van der Waals surface area contributed by atoms with Crippen molar-refractivity contribution in [3.8, 4) is 0 Å². The molecule has 3 aliphatic rings. The predicted octanol–water partition coefficient (Wildman–Crippen LogP) is 0.863. The maximum absolute atomic E-state index is 12.8. The first-order valence-corrected chi connectivity index (χ1v) is 12.3. The molecule has 1 aromatic carbocycles. The van der Waals surface area contributed by atoms with Gasteiger partial charge in [-0.25, -0.2) is 8.42 Å². The molecule has 4 rings (SSSR count). The van der Waals surface area contributed by atoms with E-state index in [1.807, 2.05) is 24.3 Å². The van der Waals surface area contributed by atoms with Gasteiger partial charge >= 0.3 is 0 Å². The third-order valence-electron chi connectivity index (χ3n) is 6.02. The summed E-state index contributed by atoms with van der Waals surface area (Å²) in [4.78, 5) is 28.1. The lowest BCUT2D eigenvalue weighted by Crippen LogP contribution is -2.40. The Morgan fingerprint density at radius 1 is 1.12 bits per heavy atom. The number of primary amides is 1. The minimum Gasteiger partial charge on any atom is -0.369 e. The molecular weight excluding hydrogens is 430 g/mol. The van der Waals surface area contributed by atoms with Gasteiger partial charge in [-0.15, -0.1) is 4.40 Å². The Morgan fingerprint density at radius 2 is 1.84 bits per heavy atom. The minimum absolute atomic E-state index is 0.00400. The smallest absolute Gasteiger partial charge is 0.259 e. The minimum atomic E-state index is -3.56. The molecule has 9 nitrogen and oxygen atoms in total. The van der Waals surface area contributed by atoms with E-state index in [9.17, 15) is 18.0 Å². The van der Waals surface area contributed by atoms with Crippen molar-refractivity contribution in [3.05, 3.63) is 53.8 Å². The van der Waals surface area contributed by atoms with Crippen LogP contribution in [0, 0.1) is 5.92 Å². The molecule has 32 heavy (non-hydrogen) atoms. The lowest BCUT2D eigenvalue weighted by Gasteiger charge is -2.30. The monoisotopic (exact) mass is 457 g/mol. The van der Waals surface area contributed by atoms with Gasteiger partial charge in [-0.2, -0.15) is 0 Å². The fourth-order valence-electron chi connectivity index (χ4n) is 4.07. The molecule has 3 aliphatic heterocycles. The van der Waals surface area contributed by atoms with Crippen LogP contribution in [0.1, 0.15) is 18.4 Å². The number of benzene rings is 1. The Morgan fingerprint density at radius 3 is 2.53 bits per heavy atom. The van der Waals surface area contributed by atoms with Gasteiger partial charge in [0.15, 0.2) is 5.84 Å². The van der Waals surface area contributed by atoms with Crippen LogP contribution in [0.5, 0.6) is 0 Å². The van der Waals surface area contributed by atoms with Gasteiger partial charge in [0, 0.05) is 30.9 Å². The molecule has 1 fully saturated rings. The first-order valence-electron chi connectivity index (χ1n) is 10.7. The lowest BCUT2D eigenvalue weighted by molar-refractivity contribution is -0.123.